The minimum atomic E-state index is 0.241. The van der Waals surface area contributed by atoms with Gasteiger partial charge in [0, 0.05) is 6.04 Å². The van der Waals surface area contributed by atoms with Crippen molar-refractivity contribution in [1.29, 1.82) is 5.26 Å². The summed E-state index contributed by atoms with van der Waals surface area (Å²) in [5.41, 5.74) is 0.420. The fourth-order valence-corrected chi connectivity index (χ4v) is 3.56. The van der Waals surface area contributed by atoms with E-state index in [0.29, 0.717) is 11.5 Å². The highest BCUT2D eigenvalue weighted by molar-refractivity contribution is 4.99. The summed E-state index contributed by atoms with van der Waals surface area (Å²) in [7, 11) is 2.23. The molecule has 0 amide bonds. The number of nitrogens with zero attached hydrogens (tertiary/aromatic N) is 2. The molecule has 0 aromatic carbocycles. The highest BCUT2D eigenvalue weighted by atomic mass is 15.1. The van der Waals surface area contributed by atoms with Gasteiger partial charge in [-0.25, -0.2) is 0 Å². The van der Waals surface area contributed by atoms with Gasteiger partial charge >= 0.3 is 0 Å². The Hall–Kier alpha value is -0.550. The smallest absolute Gasteiger partial charge is 0.0672 e. The third-order valence-electron chi connectivity index (χ3n) is 5.68. The second kappa shape index (κ2) is 8.03. The maximum absolute atomic E-state index is 9.45. The van der Waals surface area contributed by atoms with E-state index in [2.05, 4.69) is 45.7 Å². The van der Waals surface area contributed by atoms with Crippen LogP contribution in [0.15, 0.2) is 0 Å². The van der Waals surface area contributed by atoms with Crippen LogP contribution in [0, 0.1) is 28.6 Å². The summed E-state index contributed by atoms with van der Waals surface area (Å²) in [5.74, 6) is 1.02. The summed E-state index contributed by atoms with van der Waals surface area (Å²) in [4.78, 5) is 2.47. The lowest BCUT2D eigenvalue weighted by molar-refractivity contribution is 0.0638. The Morgan fingerprint density at radius 3 is 2.45 bits per heavy atom. The molecule has 0 aromatic heterocycles. The first kappa shape index (κ1) is 17.5. The molecule has 20 heavy (non-hydrogen) atoms. The van der Waals surface area contributed by atoms with Crippen molar-refractivity contribution < 1.29 is 0 Å². The molecule has 1 aliphatic rings. The molecule has 0 bridgehead atoms. The molecule has 3 unspecified atom stereocenters. The molecule has 0 spiro atoms. The van der Waals surface area contributed by atoms with E-state index in [1.165, 1.54) is 38.5 Å². The molecule has 2 nitrogen and oxygen atoms in total. The van der Waals surface area contributed by atoms with Crippen LogP contribution in [-0.4, -0.2) is 24.5 Å². The Balaban J connectivity index is 2.66. The Kier molecular flexibility index (Phi) is 7.03. The molecule has 3 atom stereocenters. The van der Waals surface area contributed by atoms with Crippen molar-refractivity contribution in [3.63, 3.8) is 0 Å². The van der Waals surface area contributed by atoms with Gasteiger partial charge in [-0.1, -0.05) is 47.0 Å². The number of hydrogen-bond acceptors (Lipinski definition) is 2. The Morgan fingerprint density at radius 2 is 1.90 bits per heavy atom. The zero-order valence-corrected chi connectivity index (χ0v) is 14.3. The third-order valence-corrected chi connectivity index (χ3v) is 5.68. The van der Waals surface area contributed by atoms with Crippen LogP contribution >= 0.6 is 0 Å². The van der Waals surface area contributed by atoms with Crippen molar-refractivity contribution in [3.8, 4) is 6.07 Å². The van der Waals surface area contributed by atoms with Gasteiger partial charge in [0.2, 0.25) is 0 Å². The molecule has 0 aliphatic heterocycles. The van der Waals surface area contributed by atoms with Crippen LogP contribution in [-0.2, 0) is 0 Å². The molecule has 116 valence electrons. The number of hydrogen-bond donors (Lipinski definition) is 0. The highest BCUT2D eigenvalue weighted by Gasteiger charge is 2.38. The number of rotatable bonds is 7. The van der Waals surface area contributed by atoms with E-state index in [0.717, 1.165) is 18.9 Å². The van der Waals surface area contributed by atoms with Gasteiger partial charge in [0.25, 0.3) is 0 Å². The molecule has 1 rings (SSSR count). The van der Waals surface area contributed by atoms with Crippen LogP contribution in [0.4, 0.5) is 0 Å². The van der Waals surface area contributed by atoms with Crippen LogP contribution in [0.5, 0.6) is 0 Å². The largest absolute Gasteiger partial charge is 0.302 e. The molecule has 0 heterocycles. The van der Waals surface area contributed by atoms with E-state index < -0.39 is 0 Å². The predicted octanol–water partition coefficient (Wildman–Crippen LogP) is 4.85. The van der Waals surface area contributed by atoms with Crippen molar-refractivity contribution in [2.45, 2.75) is 78.7 Å². The quantitative estimate of drug-likeness (QED) is 0.622. The van der Waals surface area contributed by atoms with Crippen molar-refractivity contribution in [2.24, 2.45) is 17.3 Å². The van der Waals surface area contributed by atoms with Crippen LogP contribution in [0.2, 0.25) is 0 Å². The van der Waals surface area contributed by atoms with Gasteiger partial charge in [-0.15, -0.1) is 0 Å². The van der Waals surface area contributed by atoms with Crippen molar-refractivity contribution in [1.82, 2.24) is 4.90 Å². The fourth-order valence-electron chi connectivity index (χ4n) is 3.56. The van der Waals surface area contributed by atoms with Crippen LogP contribution < -0.4 is 0 Å². The summed E-state index contributed by atoms with van der Waals surface area (Å²) in [6.45, 7) is 10.5. The molecule has 0 radical (unpaired) electrons. The van der Waals surface area contributed by atoms with E-state index in [1.807, 2.05) is 0 Å². The average Bonchev–Trinajstić information content (AvgIpc) is 2.46. The van der Waals surface area contributed by atoms with Crippen LogP contribution in [0.3, 0.4) is 0 Å². The molecule has 1 fully saturated rings. The van der Waals surface area contributed by atoms with Crippen molar-refractivity contribution in [3.05, 3.63) is 0 Å². The molecule has 0 aromatic rings. The average molecular weight is 278 g/mol. The normalized spacial score (nSPS) is 27.6. The summed E-state index contributed by atoms with van der Waals surface area (Å²) >= 11 is 0. The SMILES string of the molecule is CCCCCN(C)C1CC(C(C)(C)CC)CCC1C#N. The molecule has 2 heteroatoms. The molecule has 1 aliphatic carbocycles. The molecule has 0 saturated heterocycles. The Morgan fingerprint density at radius 1 is 1.20 bits per heavy atom. The second-order valence-corrected chi connectivity index (χ2v) is 7.34. The lowest BCUT2D eigenvalue weighted by atomic mass is 9.66. The topological polar surface area (TPSA) is 27.0 Å². The monoisotopic (exact) mass is 278 g/mol. The van der Waals surface area contributed by atoms with Gasteiger partial charge in [0.1, 0.15) is 0 Å². The van der Waals surface area contributed by atoms with Gasteiger partial charge in [-0.05, 0) is 50.6 Å². The maximum Gasteiger partial charge on any atom is 0.0672 e. The molecular weight excluding hydrogens is 244 g/mol. The lowest BCUT2D eigenvalue weighted by Crippen LogP contribution is -2.45. The summed E-state index contributed by atoms with van der Waals surface area (Å²) in [6, 6.07) is 3.05. The Bertz CT molecular complexity index is 316. The van der Waals surface area contributed by atoms with Crippen molar-refractivity contribution >= 4 is 0 Å². The van der Waals surface area contributed by atoms with Gasteiger partial charge in [0.05, 0.1) is 12.0 Å². The zero-order chi connectivity index (χ0) is 15.2. The van der Waals surface area contributed by atoms with Crippen LogP contribution in [0.1, 0.15) is 72.6 Å². The first-order chi connectivity index (χ1) is 9.46. The number of nitriles is 1. The van der Waals surface area contributed by atoms with E-state index in [1.54, 1.807) is 0 Å². The summed E-state index contributed by atoms with van der Waals surface area (Å²) < 4.78 is 0. The van der Waals surface area contributed by atoms with Crippen LogP contribution in [0.25, 0.3) is 0 Å². The second-order valence-electron chi connectivity index (χ2n) is 7.34. The van der Waals surface area contributed by atoms with Gasteiger partial charge in [-0.2, -0.15) is 5.26 Å². The number of unbranched alkanes of at least 4 members (excludes halogenated alkanes) is 2. The first-order valence-electron chi connectivity index (χ1n) is 8.56. The predicted molar refractivity (Wildman–Crippen MR) is 86.5 cm³/mol. The highest BCUT2D eigenvalue weighted by Crippen LogP contribution is 2.43. The molecule has 1 saturated carbocycles. The standard InChI is InChI=1S/C18H34N2/c1-6-8-9-12-20(5)17-13-16(18(3,4)7-2)11-10-15(17)14-19/h15-17H,6-13H2,1-5H3. The third kappa shape index (κ3) is 4.48. The van der Waals surface area contributed by atoms with Gasteiger partial charge in [-0.3, -0.25) is 0 Å². The fraction of sp³-hybridized carbons (Fsp3) is 0.944. The van der Waals surface area contributed by atoms with E-state index >= 15 is 0 Å². The maximum atomic E-state index is 9.45. The van der Waals surface area contributed by atoms with E-state index in [-0.39, 0.29) is 5.92 Å². The van der Waals surface area contributed by atoms with E-state index in [4.69, 9.17) is 0 Å². The minimum absolute atomic E-state index is 0.241. The summed E-state index contributed by atoms with van der Waals surface area (Å²) in [5, 5.41) is 9.45. The van der Waals surface area contributed by atoms with Gasteiger partial charge in [0.15, 0.2) is 0 Å². The van der Waals surface area contributed by atoms with Gasteiger partial charge < -0.3 is 4.90 Å². The first-order valence-corrected chi connectivity index (χ1v) is 8.56. The lowest BCUT2D eigenvalue weighted by Gasteiger charge is -2.44. The Labute approximate surface area is 126 Å². The van der Waals surface area contributed by atoms with E-state index in [9.17, 15) is 5.26 Å². The molecular formula is C18H34N2. The zero-order valence-electron chi connectivity index (χ0n) is 14.3. The van der Waals surface area contributed by atoms with Crippen molar-refractivity contribution in [2.75, 3.05) is 13.6 Å². The minimum Gasteiger partial charge on any atom is -0.302 e. The molecule has 0 N–H and O–H groups in total. The summed E-state index contributed by atoms with van der Waals surface area (Å²) in [6.07, 6.45) is 8.61.